The smallest absolute Gasteiger partial charge is 0.335 e. The molecule has 128 valence electrons. The van der Waals surface area contributed by atoms with Crippen molar-refractivity contribution in [1.29, 1.82) is 0 Å². The normalized spacial score (nSPS) is 10.0. The summed E-state index contributed by atoms with van der Waals surface area (Å²) < 4.78 is 0. The number of hydrogen-bond donors (Lipinski definition) is 2. The quantitative estimate of drug-likeness (QED) is 0.318. The van der Waals surface area contributed by atoms with Crippen LogP contribution in [0, 0.1) is 0 Å². The van der Waals surface area contributed by atoms with Gasteiger partial charge >= 0.3 is 11.9 Å². The molecule has 2 aromatic carbocycles. The third kappa shape index (κ3) is 4.18. The zero-order valence-electron chi connectivity index (χ0n) is 13.0. The standard InChI is InChI=1S/C16H10N6O4/c17-21-19-13-7-11(15(23)24)5-3-9(13)1-2-10-4-6-12(16(25)26)8-14(10)20-22-18/h1-8H,(H,23,24)(H,25,26)/b2-1+. The summed E-state index contributed by atoms with van der Waals surface area (Å²) >= 11 is 0. The second kappa shape index (κ2) is 8.02. The van der Waals surface area contributed by atoms with Crippen molar-refractivity contribution in [3.05, 3.63) is 79.5 Å². The minimum Gasteiger partial charge on any atom is -0.478 e. The van der Waals surface area contributed by atoms with Gasteiger partial charge in [0.25, 0.3) is 0 Å². The predicted molar refractivity (Wildman–Crippen MR) is 93.3 cm³/mol. The van der Waals surface area contributed by atoms with E-state index in [2.05, 4.69) is 20.1 Å². The first-order chi connectivity index (χ1) is 12.5. The molecule has 10 nitrogen and oxygen atoms in total. The van der Waals surface area contributed by atoms with Gasteiger partial charge in [-0.05, 0) is 46.5 Å². The maximum atomic E-state index is 11.0. The minimum atomic E-state index is -1.16. The third-order valence-electron chi connectivity index (χ3n) is 3.30. The van der Waals surface area contributed by atoms with E-state index in [0.29, 0.717) is 11.1 Å². The number of benzene rings is 2. The van der Waals surface area contributed by atoms with Gasteiger partial charge in [0, 0.05) is 21.2 Å². The maximum absolute atomic E-state index is 11.0. The summed E-state index contributed by atoms with van der Waals surface area (Å²) in [7, 11) is 0. The Kier molecular flexibility index (Phi) is 5.58. The lowest BCUT2D eigenvalue weighted by molar-refractivity contribution is 0.0686. The molecule has 0 aliphatic rings. The van der Waals surface area contributed by atoms with Crippen molar-refractivity contribution >= 4 is 35.5 Å². The van der Waals surface area contributed by atoms with Crippen molar-refractivity contribution in [2.75, 3.05) is 0 Å². The molecule has 0 unspecified atom stereocenters. The Morgan fingerprint density at radius 3 is 1.50 bits per heavy atom. The SMILES string of the molecule is [N-]=[N+]=Nc1cc(C(=O)O)ccc1/C=C/c1ccc(C(=O)O)cc1N=[N+]=[N-]. The van der Waals surface area contributed by atoms with E-state index in [9.17, 15) is 9.59 Å². The lowest BCUT2D eigenvalue weighted by Crippen LogP contribution is -1.96. The predicted octanol–water partition coefficient (Wildman–Crippen LogP) is 5.14. The van der Waals surface area contributed by atoms with Gasteiger partial charge in [-0.3, -0.25) is 0 Å². The molecular weight excluding hydrogens is 340 g/mol. The number of azide groups is 2. The average molecular weight is 350 g/mol. The first-order valence-corrected chi connectivity index (χ1v) is 6.99. The molecule has 0 aromatic heterocycles. The number of rotatable bonds is 6. The highest BCUT2D eigenvalue weighted by atomic mass is 16.4. The van der Waals surface area contributed by atoms with E-state index < -0.39 is 11.9 Å². The van der Waals surface area contributed by atoms with Crippen molar-refractivity contribution in [2.24, 2.45) is 10.2 Å². The second-order valence-corrected chi connectivity index (χ2v) is 4.87. The van der Waals surface area contributed by atoms with Crippen LogP contribution in [0.1, 0.15) is 31.8 Å². The summed E-state index contributed by atoms with van der Waals surface area (Å²) in [5, 5.41) is 24.9. The summed E-state index contributed by atoms with van der Waals surface area (Å²) in [5.74, 6) is -2.32. The maximum Gasteiger partial charge on any atom is 0.335 e. The molecule has 0 bridgehead atoms. The van der Waals surface area contributed by atoms with Gasteiger partial charge in [-0.1, -0.05) is 34.5 Å². The molecule has 10 heteroatoms. The van der Waals surface area contributed by atoms with Crippen LogP contribution in [0.15, 0.2) is 46.6 Å². The molecule has 0 saturated carbocycles. The Morgan fingerprint density at radius 1 is 0.808 bits per heavy atom. The molecule has 26 heavy (non-hydrogen) atoms. The number of nitrogens with zero attached hydrogens (tertiary/aromatic N) is 6. The van der Waals surface area contributed by atoms with Gasteiger partial charge in [-0.15, -0.1) is 0 Å². The van der Waals surface area contributed by atoms with Gasteiger partial charge in [-0.25, -0.2) is 9.59 Å². The molecule has 2 N–H and O–H groups in total. The van der Waals surface area contributed by atoms with Crippen molar-refractivity contribution in [3.63, 3.8) is 0 Å². The van der Waals surface area contributed by atoms with Crippen LogP contribution in [0.4, 0.5) is 11.4 Å². The molecule has 0 fully saturated rings. The first kappa shape index (κ1) is 18.1. The Labute approximate surface area is 145 Å². The number of carboxylic acids is 2. The summed E-state index contributed by atoms with van der Waals surface area (Å²) in [6, 6.07) is 8.07. The number of carboxylic acid groups (broad SMARTS) is 2. The molecular formula is C16H10N6O4. The van der Waals surface area contributed by atoms with Gasteiger partial charge in [0.1, 0.15) is 0 Å². The number of carbonyl (C=O) groups is 2. The summed E-state index contributed by atoms with van der Waals surface area (Å²) in [5.41, 5.74) is 18.3. The monoisotopic (exact) mass is 350 g/mol. The van der Waals surface area contributed by atoms with E-state index in [1.807, 2.05) is 0 Å². The van der Waals surface area contributed by atoms with Gasteiger partial charge in [-0.2, -0.15) is 0 Å². The van der Waals surface area contributed by atoms with Crippen LogP contribution in [-0.4, -0.2) is 22.2 Å². The van der Waals surface area contributed by atoms with E-state index in [0.717, 1.165) is 0 Å². The summed E-state index contributed by atoms with van der Waals surface area (Å²) in [4.78, 5) is 27.3. The lowest BCUT2D eigenvalue weighted by atomic mass is 10.1. The molecule has 0 aliphatic heterocycles. The van der Waals surface area contributed by atoms with Crippen molar-refractivity contribution in [1.82, 2.24) is 0 Å². The minimum absolute atomic E-state index is 0.0369. The van der Waals surface area contributed by atoms with Crippen molar-refractivity contribution in [3.8, 4) is 0 Å². The molecule has 0 saturated heterocycles. The Hall–Kier alpha value is -4.26. The van der Waals surface area contributed by atoms with E-state index >= 15 is 0 Å². The van der Waals surface area contributed by atoms with Crippen LogP contribution < -0.4 is 0 Å². The van der Waals surface area contributed by atoms with Crippen LogP contribution >= 0.6 is 0 Å². The van der Waals surface area contributed by atoms with E-state index in [4.69, 9.17) is 21.3 Å². The van der Waals surface area contributed by atoms with Gasteiger partial charge in [0.05, 0.1) is 11.1 Å². The summed E-state index contributed by atoms with van der Waals surface area (Å²) in [6.07, 6.45) is 3.06. The van der Waals surface area contributed by atoms with Crippen LogP contribution in [0.25, 0.3) is 33.0 Å². The van der Waals surface area contributed by atoms with Gasteiger partial charge in [0.2, 0.25) is 0 Å². The van der Waals surface area contributed by atoms with Gasteiger partial charge < -0.3 is 10.2 Å². The highest BCUT2D eigenvalue weighted by Crippen LogP contribution is 2.27. The number of hydrogen-bond acceptors (Lipinski definition) is 4. The largest absolute Gasteiger partial charge is 0.478 e. The van der Waals surface area contributed by atoms with Crippen LogP contribution in [-0.2, 0) is 0 Å². The third-order valence-corrected chi connectivity index (χ3v) is 3.30. The second-order valence-electron chi connectivity index (χ2n) is 4.87. The van der Waals surface area contributed by atoms with E-state index in [1.54, 1.807) is 0 Å². The van der Waals surface area contributed by atoms with Crippen LogP contribution in [0.3, 0.4) is 0 Å². The fourth-order valence-corrected chi connectivity index (χ4v) is 2.08. The van der Waals surface area contributed by atoms with Crippen LogP contribution in [0.5, 0.6) is 0 Å². The molecule has 2 rings (SSSR count). The van der Waals surface area contributed by atoms with Gasteiger partial charge in [0.15, 0.2) is 0 Å². The van der Waals surface area contributed by atoms with Crippen LogP contribution in [0.2, 0.25) is 0 Å². The topological polar surface area (TPSA) is 172 Å². The molecule has 0 atom stereocenters. The Bertz CT molecular complexity index is 936. The van der Waals surface area contributed by atoms with E-state index in [-0.39, 0.29) is 22.5 Å². The zero-order chi connectivity index (χ0) is 19.1. The molecule has 0 aliphatic carbocycles. The van der Waals surface area contributed by atoms with Crippen molar-refractivity contribution in [2.45, 2.75) is 0 Å². The fourth-order valence-electron chi connectivity index (χ4n) is 2.08. The Balaban J connectivity index is 2.49. The molecule has 0 spiro atoms. The molecule has 0 amide bonds. The highest BCUT2D eigenvalue weighted by Gasteiger charge is 2.08. The molecule has 0 radical (unpaired) electrons. The van der Waals surface area contributed by atoms with E-state index in [1.165, 1.54) is 48.6 Å². The summed E-state index contributed by atoms with van der Waals surface area (Å²) in [6.45, 7) is 0. The zero-order valence-corrected chi connectivity index (χ0v) is 13.0. The highest BCUT2D eigenvalue weighted by molar-refractivity contribution is 5.92. The average Bonchev–Trinajstić information content (AvgIpc) is 2.61. The molecule has 0 heterocycles. The first-order valence-electron chi connectivity index (χ1n) is 6.99. The number of aromatic carboxylic acids is 2. The van der Waals surface area contributed by atoms with Crippen molar-refractivity contribution < 1.29 is 19.8 Å². The fraction of sp³-hybridized carbons (Fsp3) is 0. The Morgan fingerprint density at radius 2 is 1.19 bits per heavy atom. The molecule has 2 aromatic rings. The lowest BCUT2D eigenvalue weighted by Gasteiger charge is -2.04.